The molecule has 7 heteroatoms. The molecule has 2 aromatic rings. The summed E-state index contributed by atoms with van der Waals surface area (Å²) in [7, 11) is 1.55. The predicted octanol–water partition coefficient (Wildman–Crippen LogP) is 3.55. The van der Waals surface area contributed by atoms with Crippen molar-refractivity contribution < 1.29 is 9.53 Å². The number of rotatable bonds is 4. The Kier molecular flexibility index (Phi) is 5.26. The van der Waals surface area contributed by atoms with E-state index in [9.17, 15) is 4.79 Å². The van der Waals surface area contributed by atoms with Crippen molar-refractivity contribution in [2.75, 3.05) is 12.4 Å². The van der Waals surface area contributed by atoms with Crippen molar-refractivity contribution in [3.05, 3.63) is 58.1 Å². The van der Waals surface area contributed by atoms with Gasteiger partial charge in [-0.1, -0.05) is 35.3 Å². The molecule has 0 radical (unpaired) electrons. The van der Waals surface area contributed by atoms with Gasteiger partial charge in [-0.3, -0.25) is 4.79 Å². The number of hydrazine groups is 1. The highest BCUT2D eigenvalue weighted by atomic mass is 35.5. The maximum Gasteiger partial charge on any atom is 0.243 e. The van der Waals surface area contributed by atoms with Crippen LogP contribution in [-0.2, 0) is 4.79 Å². The Balaban J connectivity index is 1.66. The molecule has 1 fully saturated rings. The minimum Gasteiger partial charge on any atom is -0.495 e. The quantitative estimate of drug-likeness (QED) is 0.775. The summed E-state index contributed by atoms with van der Waals surface area (Å²) in [6, 6.07) is 12.3. The van der Waals surface area contributed by atoms with Gasteiger partial charge < -0.3 is 10.1 Å². The van der Waals surface area contributed by atoms with E-state index < -0.39 is 0 Å². The number of halogens is 2. The van der Waals surface area contributed by atoms with E-state index in [0.29, 0.717) is 27.9 Å². The van der Waals surface area contributed by atoms with E-state index in [0.717, 1.165) is 5.56 Å². The van der Waals surface area contributed by atoms with E-state index in [1.807, 2.05) is 24.3 Å². The van der Waals surface area contributed by atoms with Gasteiger partial charge in [0.2, 0.25) is 5.91 Å². The number of amides is 1. The Morgan fingerprint density at radius 3 is 2.54 bits per heavy atom. The Hall–Kier alpha value is -1.79. The summed E-state index contributed by atoms with van der Waals surface area (Å²) >= 11 is 11.9. The molecule has 0 bridgehead atoms. The fraction of sp³-hybridized carbons (Fsp3) is 0.235. The summed E-state index contributed by atoms with van der Waals surface area (Å²) in [5.41, 5.74) is 7.78. The molecule has 1 aliphatic rings. The molecule has 3 rings (SSSR count). The average molecular weight is 366 g/mol. The molecule has 3 N–H and O–H groups in total. The molecule has 0 aliphatic carbocycles. The molecule has 1 heterocycles. The van der Waals surface area contributed by atoms with Crippen LogP contribution in [0.2, 0.25) is 10.0 Å². The lowest BCUT2D eigenvalue weighted by Crippen LogP contribution is -2.39. The lowest BCUT2D eigenvalue weighted by molar-refractivity contribution is -0.117. The van der Waals surface area contributed by atoms with Crippen molar-refractivity contribution in [1.82, 2.24) is 10.9 Å². The minimum atomic E-state index is -0.366. The average Bonchev–Trinajstić information content (AvgIpc) is 3.06. The van der Waals surface area contributed by atoms with Crippen LogP contribution in [0, 0.1) is 0 Å². The van der Waals surface area contributed by atoms with Gasteiger partial charge in [0.05, 0.1) is 12.8 Å². The van der Waals surface area contributed by atoms with Crippen molar-refractivity contribution in [2.24, 2.45) is 0 Å². The van der Waals surface area contributed by atoms with E-state index in [2.05, 4.69) is 16.2 Å². The van der Waals surface area contributed by atoms with Gasteiger partial charge in [0.15, 0.2) is 0 Å². The number of ether oxygens (including phenoxy) is 1. The normalized spacial score (nSPS) is 20.0. The number of nitrogens with one attached hydrogen (secondary N) is 3. The Bertz CT molecular complexity index is 737. The molecule has 1 amide bonds. The first kappa shape index (κ1) is 17.0. The molecule has 1 saturated heterocycles. The third-order valence-electron chi connectivity index (χ3n) is 3.91. The number of hydrogen-bond donors (Lipinski definition) is 3. The van der Waals surface area contributed by atoms with Crippen LogP contribution in [0.3, 0.4) is 0 Å². The zero-order valence-electron chi connectivity index (χ0n) is 13.0. The number of benzene rings is 2. The van der Waals surface area contributed by atoms with Crippen molar-refractivity contribution in [1.29, 1.82) is 0 Å². The van der Waals surface area contributed by atoms with E-state index >= 15 is 0 Å². The number of carbonyl (C=O) groups is 1. The summed E-state index contributed by atoms with van der Waals surface area (Å²) < 4.78 is 5.24. The Labute approximate surface area is 150 Å². The summed E-state index contributed by atoms with van der Waals surface area (Å²) in [6.45, 7) is 0. The van der Waals surface area contributed by atoms with Crippen LogP contribution in [-0.4, -0.2) is 19.1 Å². The molecule has 2 unspecified atom stereocenters. The van der Waals surface area contributed by atoms with Gasteiger partial charge >= 0.3 is 0 Å². The van der Waals surface area contributed by atoms with E-state index in [-0.39, 0.29) is 18.0 Å². The fourth-order valence-corrected chi connectivity index (χ4v) is 2.94. The van der Waals surface area contributed by atoms with Crippen LogP contribution >= 0.6 is 23.2 Å². The highest BCUT2D eigenvalue weighted by Crippen LogP contribution is 2.29. The summed E-state index contributed by atoms with van der Waals surface area (Å²) in [4.78, 5) is 12.5. The minimum absolute atomic E-state index is 0.0410. The van der Waals surface area contributed by atoms with Gasteiger partial charge in [-0.2, -0.15) is 0 Å². The second-order valence-corrected chi connectivity index (χ2v) is 6.39. The third kappa shape index (κ3) is 3.82. The van der Waals surface area contributed by atoms with Gasteiger partial charge in [-0.15, -0.1) is 0 Å². The summed E-state index contributed by atoms with van der Waals surface area (Å²) in [5, 5.41) is 4.07. The van der Waals surface area contributed by atoms with E-state index in [4.69, 9.17) is 27.9 Å². The molecular weight excluding hydrogens is 349 g/mol. The van der Waals surface area contributed by atoms with Crippen LogP contribution in [0.5, 0.6) is 5.75 Å². The predicted molar refractivity (Wildman–Crippen MR) is 95.5 cm³/mol. The number of hydrogen-bond acceptors (Lipinski definition) is 4. The van der Waals surface area contributed by atoms with Crippen LogP contribution in [0.4, 0.5) is 5.69 Å². The van der Waals surface area contributed by atoms with Crippen LogP contribution in [0.15, 0.2) is 42.5 Å². The summed E-state index contributed by atoms with van der Waals surface area (Å²) in [6.07, 6.45) is 0.621. The monoisotopic (exact) mass is 365 g/mol. The Morgan fingerprint density at radius 2 is 1.83 bits per heavy atom. The molecule has 5 nitrogen and oxygen atoms in total. The van der Waals surface area contributed by atoms with Crippen molar-refractivity contribution >= 4 is 34.8 Å². The molecule has 0 spiro atoms. The largest absolute Gasteiger partial charge is 0.495 e. The fourth-order valence-electron chi connectivity index (χ4n) is 2.64. The van der Waals surface area contributed by atoms with E-state index in [1.165, 1.54) is 0 Å². The number of carbonyl (C=O) groups excluding carboxylic acids is 1. The first-order valence-electron chi connectivity index (χ1n) is 7.48. The molecule has 126 valence electrons. The maximum absolute atomic E-state index is 12.5. The maximum atomic E-state index is 12.5. The smallest absolute Gasteiger partial charge is 0.243 e. The standard InChI is InChI=1S/C17H17Cl2N3O2/c1-24-16-7-6-12(19)8-14(16)20-17(23)15-9-13(21-22-15)10-2-4-11(18)5-3-10/h2-8,13,15,21-22H,9H2,1H3,(H,20,23). The first-order valence-corrected chi connectivity index (χ1v) is 8.23. The van der Waals surface area contributed by atoms with Gasteiger partial charge in [-0.05, 0) is 42.3 Å². The van der Waals surface area contributed by atoms with Crippen molar-refractivity contribution in [3.8, 4) is 5.75 Å². The zero-order valence-corrected chi connectivity index (χ0v) is 14.5. The second-order valence-electron chi connectivity index (χ2n) is 5.51. The molecule has 24 heavy (non-hydrogen) atoms. The molecule has 2 aromatic carbocycles. The topological polar surface area (TPSA) is 62.4 Å². The van der Waals surface area contributed by atoms with Gasteiger partial charge in [0, 0.05) is 16.1 Å². The number of anilines is 1. The van der Waals surface area contributed by atoms with Gasteiger partial charge in [0.1, 0.15) is 11.8 Å². The third-order valence-corrected chi connectivity index (χ3v) is 4.40. The molecule has 2 atom stereocenters. The zero-order chi connectivity index (χ0) is 17.1. The van der Waals surface area contributed by atoms with Crippen LogP contribution in [0.25, 0.3) is 0 Å². The van der Waals surface area contributed by atoms with Gasteiger partial charge in [0.25, 0.3) is 0 Å². The lowest BCUT2D eigenvalue weighted by atomic mass is 10.0. The van der Waals surface area contributed by atoms with Crippen LogP contribution in [0.1, 0.15) is 18.0 Å². The lowest BCUT2D eigenvalue weighted by Gasteiger charge is -2.13. The molecular formula is C17H17Cl2N3O2. The van der Waals surface area contributed by atoms with Gasteiger partial charge in [-0.25, -0.2) is 10.9 Å². The highest BCUT2D eigenvalue weighted by molar-refractivity contribution is 6.31. The molecule has 0 saturated carbocycles. The molecule has 0 aromatic heterocycles. The second kappa shape index (κ2) is 7.40. The highest BCUT2D eigenvalue weighted by Gasteiger charge is 2.30. The van der Waals surface area contributed by atoms with Crippen molar-refractivity contribution in [2.45, 2.75) is 18.5 Å². The first-order chi connectivity index (χ1) is 11.6. The summed E-state index contributed by atoms with van der Waals surface area (Å²) in [5.74, 6) is 0.410. The van der Waals surface area contributed by atoms with E-state index in [1.54, 1.807) is 25.3 Å². The SMILES string of the molecule is COc1ccc(Cl)cc1NC(=O)C1CC(c2ccc(Cl)cc2)NN1. The molecule has 1 aliphatic heterocycles. The number of methoxy groups -OCH3 is 1. The Morgan fingerprint density at radius 1 is 1.12 bits per heavy atom. The van der Waals surface area contributed by atoms with Crippen LogP contribution < -0.4 is 20.9 Å². The van der Waals surface area contributed by atoms with Crippen molar-refractivity contribution in [3.63, 3.8) is 0 Å².